The van der Waals surface area contributed by atoms with Crippen molar-refractivity contribution in [3.63, 3.8) is 0 Å². The van der Waals surface area contributed by atoms with E-state index in [0.29, 0.717) is 18.2 Å². The van der Waals surface area contributed by atoms with Crippen LogP contribution < -0.4 is 10.1 Å². The first-order chi connectivity index (χ1) is 15.7. The summed E-state index contributed by atoms with van der Waals surface area (Å²) >= 11 is 1.37. The first-order valence-corrected chi connectivity index (χ1v) is 11.1. The van der Waals surface area contributed by atoms with Gasteiger partial charge in [0.2, 0.25) is 5.91 Å². The number of carbonyl (C=O) groups is 1. The lowest BCUT2D eigenvalue weighted by atomic mass is 10.2. The third-order valence-corrected chi connectivity index (χ3v) is 5.79. The fraction of sp³-hybridized carbons (Fsp3) is 0.167. The monoisotopic (exact) mass is 445 g/mol. The number of pyridine rings is 1. The van der Waals surface area contributed by atoms with Crippen LogP contribution in [-0.2, 0) is 17.9 Å². The van der Waals surface area contributed by atoms with Crippen molar-refractivity contribution in [2.24, 2.45) is 0 Å². The van der Waals surface area contributed by atoms with E-state index in [2.05, 4.69) is 32.6 Å². The molecule has 0 aliphatic rings. The van der Waals surface area contributed by atoms with Gasteiger partial charge in [-0.3, -0.25) is 14.3 Å². The number of benzene rings is 2. The van der Waals surface area contributed by atoms with E-state index in [1.807, 2.05) is 59.2 Å². The molecule has 2 heterocycles. The molecule has 0 unspecified atom stereocenters. The highest BCUT2D eigenvalue weighted by molar-refractivity contribution is 7.99. The molecule has 0 saturated heterocycles. The Hall–Kier alpha value is -3.65. The number of rotatable bonds is 9. The topological polar surface area (TPSA) is 81.9 Å². The molecule has 162 valence electrons. The molecule has 0 atom stereocenters. The molecule has 7 nitrogen and oxygen atoms in total. The molecular formula is C24H23N5O2S. The number of nitrogens with one attached hydrogen (secondary N) is 1. The molecule has 0 fully saturated rings. The number of amides is 1. The first-order valence-electron chi connectivity index (χ1n) is 10.1. The molecule has 0 saturated carbocycles. The molecule has 0 aliphatic carbocycles. The van der Waals surface area contributed by atoms with Gasteiger partial charge < -0.3 is 10.1 Å². The number of carbonyl (C=O) groups excluding carboxylic acids is 1. The van der Waals surface area contributed by atoms with Gasteiger partial charge in [-0.1, -0.05) is 54.2 Å². The highest BCUT2D eigenvalue weighted by atomic mass is 32.2. The molecule has 4 aromatic rings. The minimum absolute atomic E-state index is 0.0643. The Morgan fingerprint density at radius 1 is 0.969 bits per heavy atom. The van der Waals surface area contributed by atoms with Gasteiger partial charge in [0, 0.05) is 24.5 Å². The number of methoxy groups -OCH3 is 1. The Kier molecular flexibility index (Phi) is 7.14. The molecule has 0 aliphatic heterocycles. The normalized spacial score (nSPS) is 10.7. The summed E-state index contributed by atoms with van der Waals surface area (Å²) in [5, 5.41) is 12.4. The van der Waals surface area contributed by atoms with Gasteiger partial charge in [-0.15, -0.1) is 10.2 Å². The van der Waals surface area contributed by atoms with Gasteiger partial charge in [0.1, 0.15) is 5.75 Å². The highest BCUT2D eigenvalue weighted by Gasteiger charge is 2.16. The van der Waals surface area contributed by atoms with Crippen molar-refractivity contribution >= 4 is 17.7 Å². The Labute approximate surface area is 190 Å². The second kappa shape index (κ2) is 10.6. The summed E-state index contributed by atoms with van der Waals surface area (Å²) < 4.78 is 7.19. The van der Waals surface area contributed by atoms with Crippen LogP contribution in [0.4, 0.5) is 0 Å². The van der Waals surface area contributed by atoms with E-state index in [4.69, 9.17) is 4.74 Å². The van der Waals surface area contributed by atoms with E-state index < -0.39 is 0 Å². The molecule has 0 radical (unpaired) electrons. The lowest BCUT2D eigenvalue weighted by Crippen LogP contribution is -2.24. The summed E-state index contributed by atoms with van der Waals surface area (Å²) in [7, 11) is 1.63. The molecule has 0 bridgehead atoms. The van der Waals surface area contributed by atoms with Gasteiger partial charge in [-0.2, -0.15) is 0 Å². The summed E-state index contributed by atoms with van der Waals surface area (Å²) in [5.74, 6) is 1.72. The van der Waals surface area contributed by atoms with Gasteiger partial charge in [-0.25, -0.2) is 0 Å². The standard InChI is InChI=1S/C24H23N5O2S/c1-31-21-9-7-18(8-10-21)15-26-22(30)17-32-24-28-27-23(20-11-13-25-14-12-20)29(24)16-19-5-3-2-4-6-19/h2-14H,15-17H2,1H3,(H,26,30). The number of aromatic nitrogens is 4. The summed E-state index contributed by atoms with van der Waals surface area (Å²) in [4.78, 5) is 16.5. The third-order valence-electron chi connectivity index (χ3n) is 4.82. The molecule has 4 rings (SSSR count). The van der Waals surface area contributed by atoms with E-state index in [0.717, 1.165) is 28.3 Å². The van der Waals surface area contributed by atoms with Crippen LogP contribution in [0.5, 0.6) is 5.75 Å². The second-order valence-corrected chi connectivity index (χ2v) is 7.97. The molecule has 1 N–H and O–H groups in total. The van der Waals surface area contributed by atoms with E-state index in [1.54, 1.807) is 19.5 Å². The van der Waals surface area contributed by atoms with Gasteiger partial charge in [0.05, 0.1) is 19.4 Å². The van der Waals surface area contributed by atoms with Gasteiger partial charge >= 0.3 is 0 Å². The quantitative estimate of drug-likeness (QED) is 0.395. The zero-order valence-electron chi connectivity index (χ0n) is 17.6. The van der Waals surface area contributed by atoms with Gasteiger partial charge in [0.25, 0.3) is 0 Å². The SMILES string of the molecule is COc1ccc(CNC(=O)CSc2nnc(-c3ccncc3)n2Cc2ccccc2)cc1. The third kappa shape index (κ3) is 5.53. The van der Waals surface area contributed by atoms with Crippen LogP contribution in [0.15, 0.2) is 84.3 Å². The number of hydrogen-bond donors (Lipinski definition) is 1. The van der Waals surface area contributed by atoms with Crippen molar-refractivity contribution in [2.75, 3.05) is 12.9 Å². The maximum atomic E-state index is 12.4. The molecule has 2 aromatic heterocycles. The van der Waals surface area contributed by atoms with Crippen LogP contribution in [0, 0.1) is 0 Å². The Morgan fingerprint density at radius 3 is 2.44 bits per heavy atom. The largest absolute Gasteiger partial charge is 0.497 e. The Balaban J connectivity index is 1.44. The van der Waals surface area contributed by atoms with Crippen LogP contribution in [0.3, 0.4) is 0 Å². The minimum atomic E-state index is -0.0643. The van der Waals surface area contributed by atoms with Crippen LogP contribution in [0.2, 0.25) is 0 Å². The summed E-state index contributed by atoms with van der Waals surface area (Å²) in [6.45, 7) is 1.07. The number of hydrogen-bond acceptors (Lipinski definition) is 6. The van der Waals surface area contributed by atoms with Crippen molar-refractivity contribution in [3.8, 4) is 17.1 Å². The molecular weight excluding hydrogens is 422 g/mol. The number of thioether (sulfide) groups is 1. The van der Waals surface area contributed by atoms with E-state index in [1.165, 1.54) is 11.8 Å². The van der Waals surface area contributed by atoms with E-state index in [9.17, 15) is 4.79 Å². The van der Waals surface area contributed by atoms with Crippen molar-refractivity contribution in [1.82, 2.24) is 25.1 Å². The molecule has 8 heteroatoms. The molecule has 32 heavy (non-hydrogen) atoms. The first kappa shape index (κ1) is 21.6. The van der Waals surface area contributed by atoms with Crippen LogP contribution >= 0.6 is 11.8 Å². The number of nitrogens with zero attached hydrogens (tertiary/aromatic N) is 4. The van der Waals surface area contributed by atoms with Crippen LogP contribution in [-0.4, -0.2) is 38.5 Å². The van der Waals surface area contributed by atoms with Crippen molar-refractivity contribution < 1.29 is 9.53 Å². The maximum absolute atomic E-state index is 12.4. The van der Waals surface area contributed by atoms with Gasteiger partial charge in [0.15, 0.2) is 11.0 Å². The maximum Gasteiger partial charge on any atom is 0.230 e. The fourth-order valence-electron chi connectivity index (χ4n) is 3.14. The zero-order valence-corrected chi connectivity index (χ0v) is 18.5. The highest BCUT2D eigenvalue weighted by Crippen LogP contribution is 2.25. The minimum Gasteiger partial charge on any atom is -0.497 e. The van der Waals surface area contributed by atoms with Crippen molar-refractivity contribution in [3.05, 3.63) is 90.3 Å². The lowest BCUT2D eigenvalue weighted by Gasteiger charge is -2.11. The predicted octanol–water partition coefficient (Wildman–Crippen LogP) is 3.81. The fourth-order valence-corrected chi connectivity index (χ4v) is 3.91. The summed E-state index contributed by atoms with van der Waals surface area (Å²) in [5.41, 5.74) is 3.07. The smallest absolute Gasteiger partial charge is 0.230 e. The van der Waals surface area contributed by atoms with E-state index in [-0.39, 0.29) is 11.7 Å². The average molecular weight is 446 g/mol. The van der Waals surface area contributed by atoms with Crippen molar-refractivity contribution in [2.45, 2.75) is 18.2 Å². The molecule has 1 amide bonds. The van der Waals surface area contributed by atoms with E-state index >= 15 is 0 Å². The Morgan fingerprint density at radius 2 is 1.72 bits per heavy atom. The summed E-state index contributed by atoms with van der Waals surface area (Å²) in [6.07, 6.45) is 3.46. The lowest BCUT2D eigenvalue weighted by molar-refractivity contribution is -0.118. The van der Waals surface area contributed by atoms with Gasteiger partial charge in [-0.05, 0) is 35.4 Å². The molecule has 2 aromatic carbocycles. The Bertz CT molecular complexity index is 1150. The van der Waals surface area contributed by atoms with Crippen LogP contribution in [0.1, 0.15) is 11.1 Å². The van der Waals surface area contributed by atoms with Crippen LogP contribution in [0.25, 0.3) is 11.4 Å². The number of ether oxygens (including phenoxy) is 1. The molecule has 0 spiro atoms. The second-order valence-electron chi connectivity index (χ2n) is 7.03. The summed E-state index contributed by atoms with van der Waals surface area (Å²) in [6, 6.07) is 21.6. The van der Waals surface area contributed by atoms with Crippen molar-refractivity contribution in [1.29, 1.82) is 0 Å². The zero-order chi connectivity index (χ0) is 22.2. The average Bonchev–Trinajstić information content (AvgIpc) is 3.25. The predicted molar refractivity (Wildman–Crippen MR) is 124 cm³/mol.